The molecule has 3 rings (SSSR count). The van der Waals surface area contributed by atoms with Crippen molar-refractivity contribution in [1.82, 2.24) is 0 Å². The second-order valence-electron chi connectivity index (χ2n) is 7.12. The van der Waals surface area contributed by atoms with Crippen LogP contribution in [0.2, 0.25) is 5.02 Å². The lowest BCUT2D eigenvalue weighted by Crippen LogP contribution is -2.07. The molecule has 0 bridgehead atoms. The van der Waals surface area contributed by atoms with Gasteiger partial charge < -0.3 is 4.74 Å². The lowest BCUT2D eigenvalue weighted by molar-refractivity contribution is -0.119. The highest BCUT2D eigenvalue weighted by atomic mass is 35.5. The Hall–Kier alpha value is -1.26. The summed E-state index contributed by atoms with van der Waals surface area (Å²) < 4.78 is 5.81. The van der Waals surface area contributed by atoms with Crippen molar-refractivity contribution in [3.05, 3.63) is 33.7 Å². The molecule has 2 aliphatic rings. The Kier molecular flexibility index (Phi) is 7.21. The Morgan fingerprint density at radius 1 is 1.15 bits per heavy atom. The first-order chi connectivity index (χ1) is 12.6. The van der Waals surface area contributed by atoms with Crippen molar-refractivity contribution in [2.45, 2.75) is 57.8 Å². The van der Waals surface area contributed by atoms with Crippen LogP contribution in [0.4, 0.5) is 0 Å². The van der Waals surface area contributed by atoms with Crippen molar-refractivity contribution in [3.8, 4) is 5.75 Å². The van der Waals surface area contributed by atoms with Gasteiger partial charge in [0.2, 0.25) is 5.12 Å². The summed E-state index contributed by atoms with van der Waals surface area (Å²) >= 11 is 7.31. The van der Waals surface area contributed by atoms with Crippen LogP contribution in [0.15, 0.2) is 23.1 Å². The van der Waals surface area contributed by atoms with E-state index in [0.29, 0.717) is 22.3 Å². The first-order valence-electron chi connectivity index (χ1n) is 9.50. The Balaban J connectivity index is 1.45. The number of unbranched alkanes of at least 4 members (excludes halogenated alkanes) is 1. The van der Waals surface area contributed by atoms with E-state index in [1.807, 2.05) is 12.1 Å². The third-order valence-corrected chi connectivity index (χ3v) is 6.28. The number of thioether (sulfide) groups is 1. The number of hydrogen-bond donors (Lipinski definition) is 0. The van der Waals surface area contributed by atoms with E-state index in [4.69, 9.17) is 16.3 Å². The molecule has 0 amide bonds. The molecule has 0 radical (unpaired) electrons. The number of rotatable bonds is 7. The summed E-state index contributed by atoms with van der Waals surface area (Å²) in [6, 6.07) is 5.48. The van der Waals surface area contributed by atoms with Gasteiger partial charge in [-0.2, -0.15) is 0 Å². The topological polar surface area (TPSA) is 43.4 Å². The van der Waals surface area contributed by atoms with Crippen LogP contribution in [0.25, 0.3) is 6.08 Å². The largest absolute Gasteiger partial charge is 0.492 e. The van der Waals surface area contributed by atoms with Crippen LogP contribution in [-0.4, -0.2) is 17.5 Å². The summed E-state index contributed by atoms with van der Waals surface area (Å²) in [6.45, 7) is 0.676. The van der Waals surface area contributed by atoms with Crippen LogP contribution in [0.5, 0.6) is 5.75 Å². The number of ketones is 1. The zero-order chi connectivity index (χ0) is 18.4. The minimum absolute atomic E-state index is 0.00765. The van der Waals surface area contributed by atoms with Gasteiger partial charge in [-0.1, -0.05) is 56.2 Å². The Bertz CT molecular complexity index is 692. The van der Waals surface area contributed by atoms with Gasteiger partial charge in [0.25, 0.3) is 0 Å². The van der Waals surface area contributed by atoms with E-state index in [0.717, 1.165) is 29.7 Å². The van der Waals surface area contributed by atoms with E-state index in [9.17, 15) is 9.59 Å². The number of carbonyl (C=O) groups excluding carboxylic acids is 2. The van der Waals surface area contributed by atoms with Crippen molar-refractivity contribution in [1.29, 1.82) is 0 Å². The summed E-state index contributed by atoms with van der Waals surface area (Å²) in [5, 5.41) is 0.439. The summed E-state index contributed by atoms with van der Waals surface area (Å²) in [6.07, 6.45) is 12.3. The van der Waals surface area contributed by atoms with E-state index in [1.165, 1.54) is 44.9 Å². The SMILES string of the molecule is O=C1CC(=O)/C(=C/c2ccc(OCCCCC3CCCCC3)c(Cl)c2)S1. The van der Waals surface area contributed by atoms with Gasteiger partial charge in [0.15, 0.2) is 5.78 Å². The molecule has 0 spiro atoms. The fraction of sp³-hybridized carbons (Fsp3) is 0.524. The lowest BCUT2D eigenvalue weighted by Gasteiger charge is -2.21. The van der Waals surface area contributed by atoms with Crippen LogP contribution in [0.1, 0.15) is 63.4 Å². The van der Waals surface area contributed by atoms with Crippen molar-refractivity contribution in [3.63, 3.8) is 0 Å². The predicted octanol–water partition coefficient (Wildman–Crippen LogP) is 6.04. The molecular weight excluding hydrogens is 368 g/mol. The summed E-state index contributed by atoms with van der Waals surface area (Å²) in [5.74, 6) is 1.48. The molecular formula is C21H25ClO3S. The molecule has 1 aliphatic heterocycles. The number of benzene rings is 1. The van der Waals surface area contributed by atoms with E-state index in [1.54, 1.807) is 12.1 Å². The number of ether oxygens (including phenoxy) is 1. The maximum Gasteiger partial charge on any atom is 0.201 e. The molecule has 1 saturated carbocycles. The Morgan fingerprint density at radius 2 is 1.96 bits per heavy atom. The first-order valence-corrected chi connectivity index (χ1v) is 10.7. The minimum atomic E-state index is -0.116. The standard InChI is InChI=1S/C21H25ClO3S/c22-17-12-16(13-20-18(23)14-21(24)26-20)9-10-19(17)25-11-5-4-8-15-6-2-1-3-7-15/h9-10,12-13,15H,1-8,11,14H2/b20-13-. The Morgan fingerprint density at radius 3 is 2.65 bits per heavy atom. The highest BCUT2D eigenvalue weighted by Crippen LogP contribution is 2.33. The predicted molar refractivity (Wildman–Crippen MR) is 108 cm³/mol. The van der Waals surface area contributed by atoms with Gasteiger partial charge >= 0.3 is 0 Å². The lowest BCUT2D eigenvalue weighted by atomic mass is 9.86. The van der Waals surface area contributed by atoms with Gasteiger partial charge in [-0.3, -0.25) is 9.59 Å². The van der Waals surface area contributed by atoms with Crippen LogP contribution in [0.3, 0.4) is 0 Å². The first kappa shape index (κ1) is 19.5. The zero-order valence-corrected chi connectivity index (χ0v) is 16.5. The summed E-state index contributed by atoms with van der Waals surface area (Å²) in [4.78, 5) is 23.5. The average molecular weight is 393 g/mol. The molecule has 1 heterocycles. The summed E-state index contributed by atoms with van der Waals surface area (Å²) in [5.41, 5.74) is 0.810. The summed E-state index contributed by atoms with van der Waals surface area (Å²) in [7, 11) is 0. The van der Waals surface area contributed by atoms with Crippen LogP contribution < -0.4 is 4.74 Å². The number of hydrogen-bond acceptors (Lipinski definition) is 4. The van der Waals surface area contributed by atoms with E-state index in [2.05, 4.69) is 0 Å². The maximum absolute atomic E-state index is 11.7. The third-order valence-electron chi connectivity index (χ3n) is 5.05. The van der Waals surface area contributed by atoms with E-state index in [-0.39, 0.29) is 17.3 Å². The van der Waals surface area contributed by atoms with Crippen molar-refractivity contribution >= 4 is 40.3 Å². The molecule has 0 atom stereocenters. The average Bonchev–Trinajstić information content (AvgIpc) is 2.94. The fourth-order valence-electron chi connectivity index (χ4n) is 3.61. The fourth-order valence-corrected chi connectivity index (χ4v) is 4.69. The van der Waals surface area contributed by atoms with E-state index >= 15 is 0 Å². The van der Waals surface area contributed by atoms with Crippen molar-refractivity contribution < 1.29 is 14.3 Å². The number of Topliss-reactive ketones (excluding diaryl/α,β-unsaturated/α-hetero) is 1. The molecule has 1 aromatic carbocycles. The zero-order valence-electron chi connectivity index (χ0n) is 15.0. The molecule has 5 heteroatoms. The molecule has 140 valence electrons. The number of halogens is 1. The quantitative estimate of drug-likeness (QED) is 0.322. The normalized spacial score (nSPS) is 20.1. The molecule has 3 nitrogen and oxygen atoms in total. The number of allylic oxidation sites excluding steroid dienone is 1. The van der Waals surface area contributed by atoms with Crippen molar-refractivity contribution in [2.75, 3.05) is 6.61 Å². The smallest absolute Gasteiger partial charge is 0.201 e. The van der Waals surface area contributed by atoms with Gasteiger partial charge in [0.05, 0.1) is 23.0 Å². The molecule has 0 N–H and O–H groups in total. The monoisotopic (exact) mass is 392 g/mol. The molecule has 1 aromatic rings. The van der Waals surface area contributed by atoms with Gasteiger partial charge in [-0.15, -0.1) is 0 Å². The van der Waals surface area contributed by atoms with Crippen LogP contribution in [0, 0.1) is 5.92 Å². The molecule has 26 heavy (non-hydrogen) atoms. The highest BCUT2D eigenvalue weighted by molar-refractivity contribution is 8.18. The van der Waals surface area contributed by atoms with Crippen LogP contribution >= 0.6 is 23.4 Å². The minimum Gasteiger partial charge on any atom is -0.492 e. The molecule has 1 aliphatic carbocycles. The van der Waals surface area contributed by atoms with Gasteiger partial charge in [0, 0.05) is 0 Å². The molecule has 1 saturated heterocycles. The van der Waals surface area contributed by atoms with Gasteiger partial charge in [0.1, 0.15) is 5.75 Å². The van der Waals surface area contributed by atoms with Gasteiger partial charge in [-0.05, 0) is 54.3 Å². The maximum atomic E-state index is 11.7. The van der Waals surface area contributed by atoms with E-state index < -0.39 is 0 Å². The highest BCUT2D eigenvalue weighted by Gasteiger charge is 2.25. The Labute approximate surface area is 164 Å². The third kappa shape index (κ3) is 5.62. The molecule has 0 aromatic heterocycles. The molecule has 0 unspecified atom stereocenters. The number of carbonyl (C=O) groups is 2. The second-order valence-corrected chi connectivity index (χ2v) is 8.63. The molecule has 2 fully saturated rings. The van der Waals surface area contributed by atoms with Gasteiger partial charge in [-0.25, -0.2) is 0 Å². The van der Waals surface area contributed by atoms with Crippen molar-refractivity contribution in [2.24, 2.45) is 5.92 Å². The van der Waals surface area contributed by atoms with Crippen LogP contribution in [-0.2, 0) is 9.59 Å². The second kappa shape index (κ2) is 9.61.